The largest absolute Gasteiger partial charge is 0.472 e. The summed E-state index contributed by atoms with van der Waals surface area (Å²) in [5.41, 5.74) is 0. The first kappa shape index (κ1) is 87.5. The molecule has 3 unspecified atom stereocenters. The molecule has 0 aromatic rings. The van der Waals surface area contributed by atoms with Crippen molar-refractivity contribution in [1.29, 1.82) is 0 Å². The average Bonchev–Trinajstić information content (AvgIpc) is 1.88. The van der Waals surface area contributed by atoms with Gasteiger partial charge in [-0.25, -0.2) is 9.13 Å². The summed E-state index contributed by atoms with van der Waals surface area (Å²) in [7, 11) is -9.91. The molecule has 0 aromatic heterocycles. The summed E-state index contributed by atoms with van der Waals surface area (Å²) in [6.45, 7) is 11.7. The van der Waals surface area contributed by atoms with Crippen LogP contribution < -0.4 is 0 Å². The van der Waals surface area contributed by atoms with E-state index in [0.29, 0.717) is 31.6 Å². The molecule has 0 saturated carbocycles. The van der Waals surface area contributed by atoms with E-state index in [1.807, 2.05) is 0 Å². The summed E-state index contributed by atoms with van der Waals surface area (Å²) in [6.07, 6.45) is 48.1. The van der Waals surface area contributed by atoms with Gasteiger partial charge >= 0.3 is 39.5 Å². The molecule has 0 aliphatic heterocycles. The Hall–Kier alpha value is -2.46. The van der Waals surface area contributed by atoms with E-state index in [4.69, 9.17) is 37.0 Å². The number of aliphatic hydroxyl groups excluding tert-OH is 1. The lowest BCUT2D eigenvalue weighted by molar-refractivity contribution is -0.161. The Balaban J connectivity index is 5.28. The first-order chi connectivity index (χ1) is 43.3. The molecular weight excluding hydrogens is 1190 g/mol. The molecule has 0 radical (unpaired) electrons. The van der Waals surface area contributed by atoms with Crippen LogP contribution in [0.5, 0.6) is 0 Å². The van der Waals surface area contributed by atoms with Gasteiger partial charge in [0, 0.05) is 25.7 Å². The van der Waals surface area contributed by atoms with Crippen molar-refractivity contribution in [1.82, 2.24) is 0 Å². The molecule has 0 spiro atoms. The van der Waals surface area contributed by atoms with Crippen molar-refractivity contribution in [3.8, 4) is 0 Å². The number of rotatable bonds is 67. The second-order valence-electron chi connectivity index (χ2n) is 26.1. The van der Waals surface area contributed by atoms with Gasteiger partial charge in [-0.3, -0.25) is 37.3 Å². The van der Waals surface area contributed by atoms with Crippen LogP contribution in [0, 0.1) is 17.8 Å². The molecule has 0 amide bonds. The number of phosphoric ester groups is 2. The number of carbonyl (C=O) groups excluding carboxylic acids is 4. The van der Waals surface area contributed by atoms with E-state index < -0.39 is 97.5 Å². The lowest BCUT2D eigenvalue weighted by Crippen LogP contribution is -2.30. The molecule has 0 aliphatic carbocycles. The van der Waals surface area contributed by atoms with Crippen LogP contribution in [-0.4, -0.2) is 96.7 Å². The van der Waals surface area contributed by atoms with Crippen LogP contribution in [0.25, 0.3) is 0 Å². The Labute approximate surface area is 548 Å². The summed E-state index contributed by atoms with van der Waals surface area (Å²) >= 11 is 0. The molecule has 0 bridgehead atoms. The number of carbonyl (C=O) groups is 4. The first-order valence-corrected chi connectivity index (χ1v) is 39.2. The van der Waals surface area contributed by atoms with Crippen molar-refractivity contribution in [3.63, 3.8) is 0 Å². The number of hydrogen-bond donors (Lipinski definition) is 3. The predicted molar refractivity (Wildman–Crippen MR) is 363 cm³/mol. The minimum absolute atomic E-state index is 0.0976. The molecule has 530 valence electrons. The zero-order chi connectivity index (χ0) is 66.6. The van der Waals surface area contributed by atoms with E-state index in [1.165, 1.54) is 116 Å². The second-order valence-corrected chi connectivity index (χ2v) is 29.0. The molecule has 0 fully saturated rings. The van der Waals surface area contributed by atoms with Gasteiger partial charge in [0.1, 0.15) is 19.3 Å². The SMILES string of the molecule is CCCCCC/C=C\C=C/CCCCCCCC(=O)OC[C@H](COP(=O)(O)OC[C@@H](O)COP(=O)(O)OC[C@@H](COC(=O)CCCCCCCCC(C)C)OC(=O)CCCCCCCCCCCCCC(C)C)OC(=O)CCCCCCCCCCC(C)CC. The summed E-state index contributed by atoms with van der Waals surface area (Å²) in [5, 5.41) is 10.6. The lowest BCUT2D eigenvalue weighted by atomic mass is 9.99. The molecule has 17 nitrogen and oxygen atoms in total. The monoisotopic (exact) mass is 1320 g/mol. The normalized spacial score (nSPS) is 14.7. The molecule has 0 rings (SSSR count). The van der Waals surface area contributed by atoms with E-state index in [9.17, 15) is 43.2 Å². The molecule has 0 aromatic carbocycles. The van der Waals surface area contributed by atoms with Crippen LogP contribution in [0.1, 0.15) is 331 Å². The minimum Gasteiger partial charge on any atom is -0.462 e. The van der Waals surface area contributed by atoms with Gasteiger partial charge in [-0.15, -0.1) is 0 Å². The fourth-order valence-electron chi connectivity index (χ4n) is 10.1. The van der Waals surface area contributed by atoms with Crippen LogP contribution in [0.2, 0.25) is 0 Å². The summed E-state index contributed by atoms with van der Waals surface area (Å²) < 4.78 is 68.2. The molecule has 0 saturated heterocycles. The molecule has 0 aliphatic rings. The molecule has 19 heteroatoms. The van der Waals surface area contributed by atoms with E-state index in [0.717, 1.165) is 127 Å². The second kappa shape index (κ2) is 61.4. The zero-order valence-electron chi connectivity index (χ0n) is 58.1. The highest BCUT2D eigenvalue weighted by molar-refractivity contribution is 7.47. The van der Waals surface area contributed by atoms with Crippen molar-refractivity contribution in [2.45, 2.75) is 349 Å². The Morgan fingerprint density at radius 3 is 0.989 bits per heavy atom. The highest BCUT2D eigenvalue weighted by atomic mass is 31.2. The fourth-order valence-corrected chi connectivity index (χ4v) is 11.7. The number of unbranched alkanes of at least 4 members (excludes halogenated alkanes) is 31. The third-order valence-corrected chi connectivity index (χ3v) is 18.0. The summed E-state index contributed by atoms with van der Waals surface area (Å²) in [5.74, 6) is 0.0490. The van der Waals surface area contributed by atoms with Gasteiger partial charge in [0.25, 0.3) is 0 Å². The van der Waals surface area contributed by atoms with Gasteiger partial charge in [0.05, 0.1) is 26.4 Å². The van der Waals surface area contributed by atoms with E-state index in [2.05, 4.69) is 72.8 Å². The minimum atomic E-state index is -4.96. The van der Waals surface area contributed by atoms with Crippen molar-refractivity contribution in [2.24, 2.45) is 17.8 Å². The molecule has 0 heterocycles. The molecule has 90 heavy (non-hydrogen) atoms. The maximum Gasteiger partial charge on any atom is 0.472 e. The number of esters is 4. The predicted octanol–water partition coefficient (Wildman–Crippen LogP) is 19.8. The van der Waals surface area contributed by atoms with E-state index in [1.54, 1.807) is 0 Å². The summed E-state index contributed by atoms with van der Waals surface area (Å²) in [6, 6.07) is 0. The van der Waals surface area contributed by atoms with Gasteiger partial charge < -0.3 is 33.8 Å². The number of phosphoric acid groups is 2. The van der Waals surface area contributed by atoms with Gasteiger partial charge in [0.15, 0.2) is 12.2 Å². The van der Waals surface area contributed by atoms with Crippen LogP contribution >= 0.6 is 15.6 Å². The van der Waals surface area contributed by atoms with Crippen LogP contribution in [0.15, 0.2) is 24.3 Å². The third kappa shape index (κ3) is 63.0. The lowest BCUT2D eigenvalue weighted by Gasteiger charge is -2.21. The van der Waals surface area contributed by atoms with Crippen LogP contribution in [0.4, 0.5) is 0 Å². The van der Waals surface area contributed by atoms with Gasteiger partial charge in [-0.2, -0.15) is 0 Å². The molecule has 6 atom stereocenters. The Morgan fingerprint density at radius 1 is 0.367 bits per heavy atom. The fraction of sp³-hybridized carbons (Fsp3) is 0.887. The van der Waals surface area contributed by atoms with Crippen molar-refractivity contribution >= 4 is 39.5 Å². The number of allylic oxidation sites excluding steroid dienone is 4. The van der Waals surface area contributed by atoms with Crippen molar-refractivity contribution in [3.05, 3.63) is 24.3 Å². The van der Waals surface area contributed by atoms with Gasteiger partial charge in [-0.05, 0) is 69.1 Å². The highest BCUT2D eigenvalue weighted by Gasteiger charge is 2.30. The Morgan fingerprint density at radius 2 is 0.656 bits per heavy atom. The van der Waals surface area contributed by atoms with Crippen LogP contribution in [0.3, 0.4) is 0 Å². The standard InChI is InChI=1S/C71H134O17P2/c1-8-10-11-12-13-14-15-16-17-18-21-24-30-38-45-52-68(73)81-58-66(88-71(76)55-48-41-32-27-26-29-37-44-51-64(7)9-2)60-85-89(77,78)83-56-65(72)57-84-90(79,80)86-61-67(59-82-69(74)53-46-39-34-33-36-43-50-63(5)6)87-70(75)54-47-40-31-25-22-19-20-23-28-35-42-49-62(3)4/h14-17,62-67,72H,8-13,18-61H2,1-7H3,(H,77,78)(H,79,80)/b15-14-,17-16-/t64?,65-,66-,67-/m1/s1. The maximum atomic E-state index is 13.0. The molecular formula is C71H134O17P2. The summed E-state index contributed by atoms with van der Waals surface area (Å²) in [4.78, 5) is 72.5. The first-order valence-electron chi connectivity index (χ1n) is 36.2. The zero-order valence-corrected chi connectivity index (χ0v) is 59.9. The van der Waals surface area contributed by atoms with E-state index in [-0.39, 0.29) is 25.7 Å². The average molecular weight is 1320 g/mol. The maximum absolute atomic E-state index is 13.0. The Bertz CT molecular complexity index is 1860. The number of ether oxygens (including phenoxy) is 4. The number of hydrogen-bond acceptors (Lipinski definition) is 15. The van der Waals surface area contributed by atoms with Gasteiger partial charge in [-0.1, -0.05) is 278 Å². The van der Waals surface area contributed by atoms with Gasteiger partial charge in [0.2, 0.25) is 0 Å². The van der Waals surface area contributed by atoms with Crippen molar-refractivity contribution < 1.29 is 80.2 Å². The van der Waals surface area contributed by atoms with E-state index >= 15 is 0 Å². The number of aliphatic hydroxyl groups is 1. The Kier molecular flexibility index (Phi) is 59.7. The highest BCUT2D eigenvalue weighted by Crippen LogP contribution is 2.45. The van der Waals surface area contributed by atoms with Crippen molar-refractivity contribution in [2.75, 3.05) is 39.6 Å². The topological polar surface area (TPSA) is 237 Å². The quantitative estimate of drug-likeness (QED) is 0.0169. The van der Waals surface area contributed by atoms with Crippen LogP contribution in [-0.2, 0) is 65.4 Å². The molecule has 3 N–H and O–H groups in total. The smallest absolute Gasteiger partial charge is 0.462 e. The third-order valence-electron chi connectivity index (χ3n) is 16.1.